The summed E-state index contributed by atoms with van der Waals surface area (Å²) in [4.78, 5) is 17.7. The van der Waals surface area contributed by atoms with Crippen molar-refractivity contribution in [1.82, 2.24) is 4.98 Å². The standard InChI is InChI=1S/C20H25N3O5S/c1-3-28-16-6-8-17(9-7-16)29(26,27)22-18-11-15(20(24)25)12-21-19(18)23-10-4-5-14(2)13-23/h6-9,11-12,14,22H,3-5,10,13H2,1-2H3,(H,24,25)/t14-/m0/s1. The molecule has 0 unspecified atom stereocenters. The molecule has 1 fully saturated rings. The van der Waals surface area contributed by atoms with E-state index >= 15 is 0 Å². The Morgan fingerprint density at radius 1 is 1.34 bits per heavy atom. The van der Waals surface area contributed by atoms with Gasteiger partial charge in [0.05, 0.1) is 22.8 Å². The first-order valence-electron chi connectivity index (χ1n) is 9.54. The number of nitrogens with zero attached hydrogens (tertiary/aromatic N) is 2. The predicted octanol–water partition coefficient (Wildman–Crippen LogP) is 3.22. The maximum Gasteiger partial charge on any atom is 0.337 e. The fourth-order valence-electron chi connectivity index (χ4n) is 3.37. The number of anilines is 2. The minimum absolute atomic E-state index is 0.0552. The maximum absolute atomic E-state index is 12.9. The van der Waals surface area contributed by atoms with Crippen LogP contribution in [0.15, 0.2) is 41.4 Å². The van der Waals surface area contributed by atoms with Gasteiger partial charge in [0.1, 0.15) is 5.75 Å². The minimum Gasteiger partial charge on any atom is -0.494 e. The molecule has 156 valence electrons. The molecule has 0 saturated carbocycles. The van der Waals surface area contributed by atoms with Crippen molar-refractivity contribution in [2.45, 2.75) is 31.6 Å². The van der Waals surface area contributed by atoms with Gasteiger partial charge in [-0.2, -0.15) is 0 Å². The number of hydrogen-bond donors (Lipinski definition) is 2. The molecule has 1 aromatic heterocycles. The van der Waals surface area contributed by atoms with Crippen LogP contribution in [0.4, 0.5) is 11.5 Å². The largest absolute Gasteiger partial charge is 0.494 e. The van der Waals surface area contributed by atoms with E-state index in [-0.39, 0.29) is 16.1 Å². The Hall–Kier alpha value is -2.81. The Labute approximate surface area is 170 Å². The van der Waals surface area contributed by atoms with Gasteiger partial charge >= 0.3 is 5.97 Å². The van der Waals surface area contributed by atoms with Crippen molar-refractivity contribution in [3.05, 3.63) is 42.1 Å². The van der Waals surface area contributed by atoms with E-state index < -0.39 is 16.0 Å². The lowest BCUT2D eigenvalue weighted by Crippen LogP contribution is -2.35. The van der Waals surface area contributed by atoms with Gasteiger partial charge in [-0.25, -0.2) is 18.2 Å². The van der Waals surface area contributed by atoms with Crippen LogP contribution in [0.25, 0.3) is 0 Å². The first-order valence-corrected chi connectivity index (χ1v) is 11.0. The summed E-state index contributed by atoms with van der Waals surface area (Å²) < 4.78 is 33.7. The van der Waals surface area contributed by atoms with Gasteiger partial charge < -0.3 is 14.7 Å². The van der Waals surface area contributed by atoms with Crippen LogP contribution in [0.5, 0.6) is 5.75 Å². The molecular formula is C20H25N3O5S. The smallest absolute Gasteiger partial charge is 0.337 e. The van der Waals surface area contributed by atoms with E-state index in [0.717, 1.165) is 25.9 Å². The second-order valence-electron chi connectivity index (χ2n) is 7.10. The molecule has 0 spiro atoms. The highest BCUT2D eigenvalue weighted by Crippen LogP contribution is 2.30. The summed E-state index contributed by atoms with van der Waals surface area (Å²) >= 11 is 0. The SMILES string of the molecule is CCOc1ccc(S(=O)(=O)Nc2cc(C(=O)O)cnc2N2CCC[C@H](C)C2)cc1. The average Bonchev–Trinajstić information content (AvgIpc) is 2.68. The first kappa shape index (κ1) is 20.9. The van der Waals surface area contributed by atoms with Crippen molar-refractivity contribution >= 4 is 27.5 Å². The van der Waals surface area contributed by atoms with Crippen LogP contribution in [0.2, 0.25) is 0 Å². The molecule has 0 radical (unpaired) electrons. The number of sulfonamides is 1. The van der Waals surface area contributed by atoms with E-state index in [0.29, 0.717) is 24.1 Å². The molecule has 0 bridgehead atoms. The number of aromatic nitrogens is 1. The summed E-state index contributed by atoms with van der Waals surface area (Å²) in [5, 5.41) is 9.30. The normalized spacial score (nSPS) is 17.0. The Kier molecular flexibility index (Phi) is 6.26. The van der Waals surface area contributed by atoms with Crippen molar-refractivity contribution in [1.29, 1.82) is 0 Å². The molecule has 3 rings (SSSR count). The molecule has 1 aromatic carbocycles. The lowest BCUT2D eigenvalue weighted by atomic mass is 10.0. The lowest BCUT2D eigenvalue weighted by molar-refractivity contribution is 0.0696. The van der Waals surface area contributed by atoms with E-state index in [1.54, 1.807) is 12.1 Å². The highest BCUT2D eigenvalue weighted by Gasteiger charge is 2.24. The molecule has 2 aromatic rings. The van der Waals surface area contributed by atoms with Gasteiger partial charge in [0.2, 0.25) is 0 Å². The average molecular weight is 420 g/mol. The van der Waals surface area contributed by atoms with Gasteiger partial charge in [-0.05, 0) is 56.0 Å². The fraction of sp³-hybridized carbons (Fsp3) is 0.400. The Morgan fingerprint density at radius 3 is 2.69 bits per heavy atom. The zero-order valence-corrected chi connectivity index (χ0v) is 17.3. The zero-order valence-electron chi connectivity index (χ0n) is 16.5. The predicted molar refractivity (Wildman–Crippen MR) is 110 cm³/mol. The summed E-state index contributed by atoms with van der Waals surface area (Å²) in [5.74, 6) is 0.290. The second-order valence-corrected chi connectivity index (χ2v) is 8.79. The van der Waals surface area contributed by atoms with E-state index in [1.165, 1.54) is 24.4 Å². The number of ether oxygens (including phenoxy) is 1. The van der Waals surface area contributed by atoms with Crippen molar-refractivity contribution in [2.24, 2.45) is 5.92 Å². The molecule has 0 amide bonds. The number of hydrogen-bond acceptors (Lipinski definition) is 6. The Bertz CT molecular complexity index is 976. The third kappa shape index (κ3) is 4.97. The third-order valence-electron chi connectivity index (χ3n) is 4.76. The number of benzene rings is 1. The van der Waals surface area contributed by atoms with Crippen LogP contribution in [0, 0.1) is 5.92 Å². The number of nitrogens with one attached hydrogen (secondary N) is 1. The number of aromatic carboxylic acids is 1. The molecule has 0 aliphatic carbocycles. The number of pyridine rings is 1. The molecular weight excluding hydrogens is 394 g/mol. The van der Waals surface area contributed by atoms with Gasteiger partial charge in [-0.3, -0.25) is 4.72 Å². The summed E-state index contributed by atoms with van der Waals surface area (Å²) in [5.41, 5.74) is 0.0797. The molecule has 9 heteroatoms. The van der Waals surface area contributed by atoms with Crippen LogP contribution >= 0.6 is 0 Å². The molecule has 29 heavy (non-hydrogen) atoms. The van der Waals surface area contributed by atoms with Crippen LogP contribution in [0.1, 0.15) is 37.0 Å². The topological polar surface area (TPSA) is 109 Å². The number of carbonyl (C=O) groups is 1. The molecule has 1 aliphatic heterocycles. The van der Waals surface area contributed by atoms with Crippen molar-refractivity contribution in [3.63, 3.8) is 0 Å². The summed E-state index contributed by atoms with van der Waals surface area (Å²) in [7, 11) is -3.93. The third-order valence-corrected chi connectivity index (χ3v) is 6.14. The molecule has 1 aliphatic rings. The van der Waals surface area contributed by atoms with Crippen molar-refractivity contribution in [2.75, 3.05) is 29.3 Å². The number of rotatable bonds is 7. The van der Waals surface area contributed by atoms with Crippen molar-refractivity contribution < 1.29 is 23.1 Å². The van der Waals surface area contributed by atoms with Crippen molar-refractivity contribution in [3.8, 4) is 5.75 Å². The lowest BCUT2D eigenvalue weighted by Gasteiger charge is -2.33. The summed E-state index contributed by atoms with van der Waals surface area (Å²) in [6.07, 6.45) is 3.32. The Morgan fingerprint density at radius 2 is 2.07 bits per heavy atom. The van der Waals surface area contributed by atoms with Crippen LogP contribution < -0.4 is 14.4 Å². The van der Waals surface area contributed by atoms with E-state index in [1.807, 2.05) is 11.8 Å². The fourth-order valence-corrected chi connectivity index (χ4v) is 4.42. The quantitative estimate of drug-likeness (QED) is 0.709. The molecule has 2 heterocycles. The Balaban J connectivity index is 1.94. The zero-order chi connectivity index (χ0) is 21.0. The molecule has 1 saturated heterocycles. The minimum atomic E-state index is -3.93. The van der Waals surface area contributed by atoms with Gasteiger partial charge in [0, 0.05) is 19.3 Å². The molecule has 8 nitrogen and oxygen atoms in total. The van der Waals surface area contributed by atoms with Gasteiger partial charge in [-0.15, -0.1) is 0 Å². The highest BCUT2D eigenvalue weighted by atomic mass is 32.2. The second kappa shape index (κ2) is 8.69. The highest BCUT2D eigenvalue weighted by molar-refractivity contribution is 7.92. The molecule has 1 atom stereocenters. The number of carboxylic acid groups (broad SMARTS) is 1. The number of piperidine rings is 1. The van der Waals surface area contributed by atoms with E-state index in [4.69, 9.17) is 4.74 Å². The van der Waals surface area contributed by atoms with Crippen LogP contribution in [-0.4, -0.2) is 44.2 Å². The van der Waals surface area contributed by atoms with Gasteiger partial charge in [0.15, 0.2) is 5.82 Å². The maximum atomic E-state index is 12.9. The number of carboxylic acids is 1. The van der Waals surface area contributed by atoms with Gasteiger partial charge in [-0.1, -0.05) is 6.92 Å². The summed E-state index contributed by atoms with van der Waals surface area (Å²) in [6, 6.07) is 7.37. The van der Waals surface area contributed by atoms with Crippen LogP contribution in [0.3, 0.4) is 0 Å². The molecule has 2 N–H and O–H groups in total. The van der Waals surface area contributed by atoms with Gasteiger partial charge in [0.25, 0.3) is 10.0 Å². The van der Waals surface area contributed by atoms with E-state index in [9.17, 15) is 18.3 Å². The monoisotopic (exact) mass is 419 g/mol. The van der Waals surface area contributed by atoms with Crippen LogP contribution in [-0.2, 0) is 10.0 Å². The van der Waals surface area contributed by atoms with E-state index in [2.05, 4.69) is 16.6 Å². The summed E-state index contributed by atoms with van der Waals surface area (Å²) in [6.45, 7) is 5.92. The first-order chi connectivity index (χ1) is 13.8.